The molecule has 0 aliphatic carbocycles. The number of anilines is 1. The van der Waals surface area contributed by atoms with Gasteiger partial charge in [0.1, 0.15) is 5.82 Å². The minimum absolute atomic E-state index is 0.00581. The first-order valence-corrected chi connectivity index (χ1v) is 7.15. The molecule has 6 heteroatoms. The van der Waals surface area contributed by atoms with Gasteiger partial charge in [0.05, 0.1) is 5.69 Å². The van der Waals surface area contributed by atoms with Crippen molar-refractivity contribution >= 4 is 17.6 Å². The molecule has 2 saturated heterocycles. The van der Waals surface area contributed by atoms with E-state index in [2.05, 4.69) is 10.6 Å². The number of carbonyl (C=O) groups is 2. The Morgan fingerprint density at radius 2 is 2.00 bits per heavy atom. The lowest BCUT2D eigenvalue weighted by Gasteiger charge is -2.38. The van der Waals surface area contributed by atoms with Crippen LogP contribution in [0.2, 0.25) is 0 Å². The van der Waals surface area contributed by atoms with Crippen molar-refractivity contribution in [1.29, 1.82) is 0 Å². The lowest BCUT2D eigenvalue weighted by atomic mass is 9.78. The highest BCUT2D eigenvalue weighted by molar-refractivity contribution is 5.89. The summed E-state index contributed by atoms with van der Waals surface area (Å²) in [4.78, 5) is 25.2. The molecule has 2 aliphatic rings. The van der Waals surface area contributed by atoms with Gasteiger partial charge in [0, 0.05) is 26.1 Å². The maximum Gasteiger partial charge on any atom is 0.321 e. The van der Waals surface area contributed by atoms with Crippen LogP contribution >= 0.6 is 0 Å². The predicted octanol–water partition coefficient (Wildman–Crippen LogP) is 1.96. The third-order valence-electron chi connectivity index (χ3n) is 4.42. The molecule has 0 atom stereocenters. The quantitative estimate of drug-likeness (QED) is 0.831. The molecule has 1 aromatic rings. The minimum Gasteiger partial charge on any atom is -0.356 e. The molecule has 0 bridgehead atoms. The first-order chi connectivity index (χ1) is 10.1. The molecule has 3 rings (SSSR count). The number of para-hydroxylation sites is 1. The molecule has 2 N–H and O–H groups in total. The molecule has 3 amide bonds. The van der Waals surface area contributed by atoms with E-state index in [1.807, 2.05) is 0 Å². The summed E-state index contributed by atoms with van der Waals surface area (Å²) in [7, 11) is 0. The van der Waals surface area contributed by atoms with Gasteiger partial charge in [-0.3, -0.25) is 4.79 Å². The average Bonchev–Trinajstić information content (AvgIpc) is 2.83. The molecular weight excluding hydrogens is 273 g/mol. The van der Waals surface area contributed by atoms with Crippen molar-refractivity contribution < 1.29 is 14.0 Å². The van der Waals surface area contributed by atoms with E-state index in [1.165, 1.54) is 12.1 Å². The number of likely N-dealkylation sites (tertiary alicyclic amines) is 1. The van der Waals surface area contributed by atoms with Gasteiger partial charge in [-0.1, -0.05) is 12.1 Å². The van der Waals surface area contributed by atoms with Gasteiger partial charge in [0.2, 0.25) is 5.91 Å². The number of carbonyl (C=O) groups excluding carboxylic acids is 2. The molecule has 2 fully saturated rings. The van der Waals surface area contributed by atoms with Gasteiger partial charge in [-0.25, -0.2) is 9.18 Å². The highest BCUT2D eigenvalue weighted by Gasteiger charge is 2.41. The van der Waals surface area contributed by atoms with Crippen molar-refractivity contribution in [1.82, 2.24) is 10.2 Å². The van der Waals surface area contributed by atoms with Gasteiger partial charge >= 0.3 is 6.03 Å². The zero-order valence-corrected chi connectivity index (χ0v) is 11.7. The van der Waals surface area contributed by atoms with E-state index in [9.17, 15) is 14.0 Å². The summed E-state index contributed by atoms with van der Waals surface area (Å²) in [6, 6.07) is 5.83. The number of benzene rings is 1. The highest BCUT2D eigenvalue weighted by Crippen LogP contribution is 2.37. The lowest BCUT2D eigenvalue weighted by Crippen LogP contribution is -2.45. The summed E-state index contributed by atoms with van der Waals surface area (Å²) in [6.45, 7) is 1.89. The molecule has 2 aliphatic heterocycles. The molecule has 1 aromatic carbocycles. The standard InChI is InChI=1S/C15H18FN3O2/c16-11-3-1-2-4-12(11)18-14(21)19-7-5-15(6-8-19)9-13(20)17-10-15/h1-4H,5-10H2,(H,17,20)(H,18,21). The van der Waals surface area contributed by atoms with Crippen LogP contribution in [0, 0.1) is 11.2 Å². The van der Waals surface area contributed by atoms with Gasteiger partial charge in [0.25, 0.3) is 0 Å². The Morgan fingerprint density at radius 3 is 2.62 bits per heavy atom. The molecule has 21 heavy (non-hydrogen) atoms. The van der Waals surface area contributed by atoms with E-state index < -0.39 is 5.82 Å². The summed E-state index contributed by atoms with van der Waals surface area (Å²) in [5.41, 5.74) is 0.201. The largest absolute Gasteiger partial charge is 0.356 e. The van der Waals surface area contributed by atoms with Crippen LogP contribution in [-0.4, -0.2) is 36.5 Å². The first kappa shape index (κ1) is 13.9. The number of nitrogens with zero attached hydrogens (tertiary/aromatic N) is 1. The SMILES string of the molecule is O=C1CC2(CCN(C(=O)Nc3ccccc3F)CC2)CN1. The molecule has 5 nitrogen and oxygen atoms in total. The fourth-order valence-corrected chi connectivity index (χ4v) is 3.05. The predicted molar refractivity (Wildman–Crippen MR) is 76.3 cm³/mol. The summed E-state index contributed by atoms with van der Waals surface area (Å²) in [5, 5.41) is 5.46. The highest BCUT2D eigenvalue weighted by atomic mass is 19.1. The summed E-state index contributed by atoms with van der Waals surface area (Å²) >= 11 is 0. The third kappa shape index (κ3) is 2.84. The molecule has 1 spiro atoms. The average molecular weight is 291 g/mol. The number of piperidine rings is 1. The molecule has 112 valence electrons. The van der Waals surface area contributed by atoms with Crippen molar-refractivity contribution in [3.63, 3.8) is 0 Å². The molecule has 0 unspecified atom stereocenters. The number of amides is 3. The molecule has 0 saturated carbocycles. The first-order valence-electron chi connectivity index (χ1n) is 7.15. The fourth-order valence-electron chi connectivity index (χ4n) is 3.05. The second-order valence-corrected chi connectivity index (χ2v) is 5.85. The number of halogens is 1. The topological polar surface area (TPSA) is 61.4 Å². The van der Waals surface area contributed by atoms with Crippen LogP contribution in [-0.2, 0) is 4.79 Å². The van der Waals surface area contributed by atoms with Crippen molar-refractivity contribution in [2.45, 2.75) is 19.3 Å². The van der Waals surface area contributed by atoms with Crippen molar-refractivity contribution in [3.05, 3.63) is 30.1 Å². The Hall–Kier alpha value is -2.11. The van der Waals surface area contributed by atoms with E-state index in [4.69, 9.17) is 0 Å². The second-order valence-electron chi connectivity index (χ2n) is 5.85. The Labute approximate surface area is 122 Å². The Morgan fingerprint density at radius 1 is 1.29 bits per heavy atom. The Kier molecular flexibility index (Phi) is 3.53. The number of hydrogen-bond donors (Lipinski definition) is 2. The van der Waals surface area contributed by atoms with E-state index in [-0.39, 0.29) is 23.0 Å². The molecule has 2 heterocycles. The maximum absolute atomic E-state index is 13.5. The number of nitrogens with one attached hydrogen (secondary N) is 2. The van der Waals surface area contributed by atoms with E-state index in [0.717, 1.165) is 12.8 Å². The normalized spacial score (nSPS) is 20.4. The summed E-state index contributed by atoms with van der Waals surface area (Å²) in [6.07, 6.45) is 2.16. The third-order valence-corrected chi connectivity index (χ3v) is 4.42. The van der Waals surface area contributed by atoms with E-state index in [0.29, 0.717) is 26.1 Å². The van der Waals surface area contributed by atoms with Crippen LogP contribution in [0.4, 0.5) is 14.9 Å². The molecule has 0 radical (unpaired) electrons. The van der Waals surface area contributed by atoms with Crippen molar-refractivity contribution in [2.24, 2.45) is 5.41 Å². The molecule has 0 aromatic heterocycles. The van der Waals surface area contributed by atoms with Crippen LogP contribution in [0.25, 0.3) is 0 Å². The van der Waals surface area contributed by atoms with Gasteiger partial charge in [0.15, 0.2) is 0 Å². The number of hydrogen-bond acceptors (Lipinski definition) is 2. The van der Waals surface area contributed by atoms with Crippen molar-refractivity contribution in [3.8, 4) is 0 Å². The zero-order chi connectivity index (χ0) is 14.9. The van der Waals surface area contributed by atoms with Crippen molar-refractivity contribution in [2.75, 3.05) is 25.0 Å². The molecular formula is C15H18FN3O2. The van der Waals surface area contributed by atoms with E-state index in [1.54, 1.807) is 17.0 Å². The van der Waals surface area contributed by atoms with E-state index >= 15 is 0 Å². The maximum atomic E-state index is 13.5. The number of urea groups is 1. The van der Waals surface area contributed by atoms with Gasteiger partial charge in [-0.05, 0) is 30.4 Å². The lowest BCUT2D eigenvalue weighted by molar-refractivity contribution is -0.119. The summed E-state index contributed by atoms with van der Waals surface area (Å²) in [5.74, 6) is -0.343. The minimum atomic E-state index is -0.440. The van der Waals surface area contributed by atoms with Gasteiger partial charge in [-0.15, -0.1) is 0 Å². The zero-order valence-electron chi connectivity index (χ0n) is 11.7. The smallest absolute Gasteiger partial charge is 0.321 e. The Balaban J connectivity index is 1.58. The fraction of sp³-hybridized carbons (Fsp3) is 0.467. The number of rotatable bonds is 1. The van der Waals surface area contributed by atoms with Crippen LogP contribution in [0.5, 0.6) is 0 Å². The van der Waals surface area contributed by atoms with Crippen LogP contribution in [0.1, 0.15) is 19.3 Å². The van der Waals surface area contributed by atoms with Gasteiger partial charge < -0.3 is 15.5 Å². The van der Waals surface area contributed by atoms with Crippen LogP contribution in [0.15, 0.2) is 24.3 Å². The van der Waals surface area contributed by atoms with Crippen LogP contribution in [0.3, 0.4) is 0 Å². The Bertz CT molecular complexity index is 568. The second kappa shape index (κ2) is 5.35. The van der Waals surface area contributed by atoms with Gasteiger partial charge in [-0.2, -0.15) is 0 Å². The monoisotopic (exact) mass is 291 g/mol. The summed E-state index contributed by atoms with van der Waals surface area (Å²) < 4.78 is 13.5. The van der Waals surface area contributed by atoms with Crippen LogP contribution < -0.4 is 10.6 Å².